The highest BCUT2D eigenvalue weighted by atomic mass is 32.1. The van der Waals surface area contributed by atoms with E-state index in [2.05, 4.69) is 10.7 Å². The van der Waals surface area contributed by atoms with E-state index < -0.39 is 0 Å². The molecule has 0 saturated heterocycles. The van der Waals surface area contributed by atoms with Crippen molar-refractivity contribution < 1.29 is 4.79 Å². The molecular formula is C7H7NOS. The number of hydrogen-bond donors (Lipinski definition) is 1. The minimum Gasteiger partial charge on any atom is -0.325 e. The van der Waals surface area contributed by atoms with Crippen LogP contribution in [0, 0.1) is 6.92 Å². The van der Waals surface area contributed by atoms with Crippen LogP contribution in [0.3, 0.4) is 0 Å². The second kappa shape index (κ2) is 1.83. The van der Waals surface area contributed by atoms with Gasteiger partial charge in [-0.2, -0.15) is 0 Å². The lowest BCUT2D eigenvalue weighted by molar-refractivity contribution is -0.115. The predicted molar refractivity (Wildman–Crippen MR) is 41.4 cm³/mol. The number of thiophene rings is 1. The molecule has 0 atom stereocenters. The van der Waals surface area contributed by atoms with Gasteiger partial charge in [0.05, 0.1) is 12.1 Å². The van der Waals surface area contributed by atoms with Gasteiger partial charge in [-0.15, -0.1) is 11.3 Å². The molecule has 10 heavy (non-hydrogen) atoms. The van der Waals surface area contributed by atoms with Gasteiger partial charge in [-0.25, -0.2) is 0 Å². The Hall–Kier alpha value is -0.830. The molecular weight excluding hydrogens is 146 g/mol. The molecule has 1 aliphatic rings. The Morgan fingerprint density at radius 2 is 2.50 bits per heavy atom. The second-order valence-corrected chi connectivity index (χ2v) is 3.41. The summed E-state index contributed by atoms with van der Waals surface area (Å²) in [5.74, 6) is 0.130. The summed E-state index contributed by atoms with van der Waals surface area (Å²) < 4.78 is 0. The van der Waals surface area contributed by atoms with Crippen molar-refractivity contribution in [2.24, 2.45) is 0 Å². The maximum absolute atomic E-state index is 10.8. The number of rotatable bonds is 0. The maximum atomic E-state index is 10.8. The molecule has 2 nitrogen and oxygen atoms in total. The van der Waals surface area contributed by atoms with Gasteiger partial charge in [0.25, 0.3) is 0 Å². The Bertz CT molecular complexity index is 290. The maximum Gasteiger partial charge on any atom is 0.229 e. The fourth-order valence-corrected chi connectivity index (χ4v) is 2.11. The number of hydrogen-bond acceptors (Lipinski definition) is 2. The topological polar surface area (TPSA) is 29.1 Å². The number of carbonyl (C=O) groups is 1. The Kier molecular flexibility index (Phi) is 1.08. The number of nitrogens with one attached hydrogen (secondary N) is 1. The van der Waals surface area contributed by atoms with Gasteiger partial charge in [-0.1, -0.05) is 0 Å². The molecule has 1 aromatic heterocycles. The van der Waals surface area contributed by atoms with Crippen molar-refractivity contribution in [1.29, 1.82) is 0 Å². The van der Waals surface area contributed by atoms with Gasteiger partial charge < -0.3 is 5.32 Å². The van der Waals surface area contributed by atoms with Crippen LogP contribution in [0.15, 0.2) is 5.38 Å². The van der Waals surface area contributed by atoms with Crippen LogP contribution in [0.4, 0.5) is 5.69 Å². The predicted octanol–water partition coefficient (Wildman–Crippen LogP) is 1.55. The third-order valence-electron chi connectivity index (χ3n) is 1.64. The van der Waals surface area contributed by atoms with Crippen molar-refractivity contribution in [2.75, 3.05) is 5.32 Å². The Morgan fingerprint density at radius 1 is 1.70 bits per heavy atom. The highest BCUT2D eigenvalue weighted by Gasteiger charge is 2.20. The van der Waals surface area contributed by atoms with Gasteiger partial charge in [-0.3, -0.25) is 4.79 Å². The van der Waals surface area contributed by atoms with Crippen LogP contribution in [0.1, 0.15) is 10.4 Å². The van der Waals surface area contributed by atoms with Crippen LogP contribution in [0.5, 0.6) is 0 Å². The van der Waals surface area contributed by atoms with Gasteiger partial charge in [0.2, 0.25) is 5.91 Å². The van der Waals surface area contributed by atoms with Gasteiger partial charge in [0, 0.05) is 4.88 Å². The highest BCUT2D eigenvalue weighted by molar-refractivity contribution is 7.11. The van der Waals surface area contributed by atoms with Crippen LogP contribution >= 0.6 is 11.3 Å². The Labute approximate surface area is 62.9 Å². The van der Waals surface area contributed by atoms with E-state index in [0.29, 0.717) is 6.42 Å². The largest absolute Gasteiger partial charge is 0.325 e. The van der Waals surface area contributed by atoms with Gasteiger partial charge in [0.15, 0.2) is 0 Å². The lowest BCUT2D eigenvalue weighted by atomic mass is 10.3. The summed E-state index contributed by atoms with van der Waals surface area (Å²) >= 11 is 1.66. The standard InChI is InChI=1S/C7H7NOS/c1-4-3-10-5-2-6(9)8-7(4)5/h3H,2H2,1H3,(H,8,9). The highest BCUT2D eigenvalue weighted by Crippen LogP contribution is 2.32. The number of anilines is 1. The normalized spacial score (nSPS) is 15.1. The Balaban J connectivity index is 2.53. The van der Waals surface area contributed by atoms with Crippen LogP contribution in [-0.2, 0) is 11.2 Å². The van der Waals surface area contributed by atoms with E-state index in [0.717, 1.165) is 5.69 Å². The third kappa shape index (κ3) is 0.671. The van der Waals surface area contributed by atoms with Crippen LogP contribution in [-0.4, -0.2) is 5.91 Å². The number of aryl methyl sites for hydroxylation is 1. The minimum atomic E-state index is 0.130. The van der Waals surface area contributed by atoms with Crippen molar-refractivity contribution in [3.63, 3.8) is 0 Å². The smallest absolute Gasteiger partial charge is 0.229 e. The quantitative estimate of drug-likeness (QED) is 0.602. The molecule has 0 aromatic carbocycles. The lowest BCUT2D eigenvalue weighted by Gasteiger charge is -1.91. The van der Waals surface area contributed by atoms with Gasteiger partial charge in [0.1, 0.15) is 0 Å². The molecule has 2 heterocycles. The molecule has 0 fully saturated rings. The molecule has 0 radical (unpaired) electrons. The molecule has 3 heteroatoms. The number of carbonyl (C=O) groups excluding carboxylic acids is 1. The SMILES string of the molecule is Cc1csc2c1NC(=O)C2. The molecule has 1 amide bonds. The van der Waals surface area contributed by atoms with Crippen molar-refractivity contribution in [3.05, 3.63) is 15.8 Å². The zero-order valence-corrected chi connectivity index (χ0v) is 6.42. The summed E-state index contributed by atoms with van der Waals surface area (Å²) in [6.07, 6.45) is 0.577. The third-order valence-corrected chi connectivity index (χ3v) is 2.74. The molecule has 0 unspecified atom stereocenters. The fraction of sp³-hybridized carbons (Fsp3) is 0.286. The van der Waals surface area contributed by atoms with E-state index in [1.54, 1.807) is 11.3 Å². The van der Waals surface area contributed by atoms with Crippen molar-refractivity contribution in [2.45, 2.75) is 13.3 Å². The van der Waals surface area contributed by atoms with Gasteiger partial charge in [-0.05, 0) is 17.9 Å². The summed E-state index contributed by atoms with van der Waals surface area (Å²) in [5.41, 5.74) is 2.24. The van der Waals surface area contributed by atoms with E-state index in [9.17, 15) is 4.79 Å². The summed E-state index contributed by atoms with van der Waals surface area (Å²) in [5, 5.41) is 4.89. The fourth-order valence-electron chi connectivity index (χ4n) is 1.13. The number of fused-ring (bicyclic) bond motifs is 1. The zero-order chi connectivity index (χ0) is 7.14. The van der Waals surface area contributed by atoms with Crippen molar-refractivity contribution >= 4 is 22.9 Å². The first-order valence-corrected chi connectivity index (χ1v) is 4.02. The molecule has 0 bridgehead atoms. The van der Waals surface area contributed by atoms with E-state index in [-0.39, 0.29) is 5.91 Å². The average molecular weight is 153 g/mol. The van der Waals surface area contributed by atoms with Crippen molar-refractivity contribution in [3.8, 4) is 0 Å². The second-order valence-electron chi connectivity index (χ2n) is 2.44. The number of amides is 1. The van der Waals surface area contributed by atoms with Gasteiger partial charge >= 0.3 is 0 Å². The van der Waals surface area contributed by atoms with Crippen molar-refractivity contribution in [1.82, 2.24) is 0 Å². The van der Waals surface area contributed by atoms with Crippen LogP contribution in [0.25, 0.3) is 0 Å². The summed E-state index contributed by atoms with van der Waals surface area (Å²) in [7, 11) is 0. The first-order chi connectivity index (χ1) is 4.77. The average Bonchev–Trinajstić information content (AvgIpc) is 2.35. The minimum absolute atomic E-state index is 0.130. The molecule has 0 aliphatic carbocycles. The molecule has 0 saturated carbocycles. The zero-order valence-electron chi connectivity index (χ0n) is 5.60. The van der Waals surface area contributed by atoms with E-state index >= 15 is 0 Å². The molecule has 1 aliphatic heterocycles. The molecule has 52 valence electrons. The molecule has 1 N–H and O–H groups in total. The Morgan fingerprint density at radius 3 is 3.20 bits per heavy atom. The van der Waals surface area contributed by atoms with E-state index in [4.69, 9.17) is 0 Å². The first-order valence-electron chi connectivity index (χ1n) is 3.14. The molecule has 1 aromatic rings. The van der Waals surface area contributed by atoms with E-state index in [1.807, 2.05) is 6.92 Å². The van der Waals surface area contributed by atoms with Crippen LogP contribution in [0.2, 0.25) is 0 Å². The summed E-state index contributed by atoms with van der Waals surface area (Å²) in [6.45, 7) is 2.01. The lowest BCUT2D eigenvalue weighted by Crippen LogP contribution is -2.04. The van der Waals surface area contributed by atoms with E-state index in [1.165, 1.54) is 10.4 Å². The molecule has 2 rings (SSSR count). The monoisotopic (exact) mass is 153 g/mol. The summed E-state index contributed by atoms with van der Waals surface area (Å²) in [4.78, 5) is 12.0. The van der Waals surface area contributed by atoms with Crippen LogP contribution < -0.4 is 5.32 Å². The summed E-state index contributed by atoms with van der Waals surface area (Å²) in [6, 6.07) is 0. The first kappa shape index (κ1) is 5.92. The molecule has 0 spiro atoms.